The molecule has 1 heterocycles. The molecule has 0 bridgehead atoms. The third kappa shape index (κ3) is 15.4. The van der Waals surface area contributed by atoms with Crippen LogP contribution in [-0.2, 0) is 38.3 Å². The van der Waals surface area contributed by atoms with Crippen LogP contribution in [0.15, 0.2) is 42.5 Å². The largest absolute Gasteiger partial charge is 0.467 e. The van der Waals surface area contributed by atoms with Gasteiger partial charge in [0.25, 0.3) is 0 Å². The molecule has 0 saturated heterocycles. The molecule has 0 spiro atoms. The van der Waals surface area contributed by atoms with Gasteiger partial charge in [-0.3, -0.25) is 4.90 Å². The lowest BCUT2D eigenvalue weighted by atomic mass is 10.0. The van der Waals surface area contributed by atoms with Crippen molar-refractivity contribution in [2.45, 2.75) is 112 Å². The Hall–Kier alpha value is -3.62. The van der Waals surface area contributed by atoms with Crippen molar-refractivity contribution in [2.75, 3.05) is 19.1 Å². The molecule has 1 aromatic heterocycles. The lowest BCUT2D eigenvalue weighted by Gasteiger charge is -2.24. The summed E-state index contributed by atoms with van der Waals surface area (Å²) in [6.07, 6.45) is 1.63. The van der Waals surface area contributed by atoms with Crippen molar-refractivity contribution >= 4 is 24.0 Å². The van der Waals surface area contributed by atoms with Crippen molar-refractivity contribution in [3.8, 4) is 0 Å². The van der Waals surface area contributed by atoms with Gasteiger partial charge in [-0.05, 0) is 84.1 Å². The number of rotatable bonds is 9. The van der Waals surface area contributed by atoms with Crippen molar-refractivity contribution in [1.82, 2.24) is 10.3 Å². The zero-order valence-corrected chi connectivity index (χ0v) is 27.8. The molecule has 0 aliphatic heterocycles. The molecular formula is C33H53N3O6. The number of hydrogen-bond acceptors (Lipinski definition) is 7. The van der Waals surface area contributed by atoms with Crippen LogP contribution in [0.5, 0.6) is 0 Å². The Bertz CT molecular complexity index is 1090. The molecular weight excluding hydrogens is 534 g/mol. The Balaban J connectivity index is 0.00000402. The van der Waals surface area contributed by atoms with Crippen molar-refractivity contribution < 1.29 is 28.6 Å². The van der Waals surface area contributed by atoms with E-state index < -0.39 is 35.4 Å². The minimum atomic E-state index is -0.849. The number of carbonyl (C=O) groups is 3. The summed E-state index contributed by atoms with van der Waals surface area (Å²) >= 11 is 0. The summed E-state index contributed by atoms with van der Waals surface area (Å²) in [5.41, 5.74) is 1.68. The maximum atomic E-state index is 12.3. The average Bonchev–Trinajstić information content (AvgIpc) is 2.93. The molecule has 2 amide bonds. The number of carbonyl (C=O) groups excluding carboxylic acids is 3. The molecule has 0 aliphatic rings. The minimum absolute atomic E-state index is 0.286. The molecule has 1 N–H and O–H groups in total. The Kier molecular flexibility index (Phi) is 17.1. The molecule has 0 fully saturated rings. The normalized spacial score (nSPS) is 11.4. The molecule has 42 heavy (non-hydrogen) atoms. The maximum Gasteiger partial charge on any atom is 0.415 e. The standard InChI is InChI=1S/C29H41N3O6.2C2H6/c1-28(2,3)37-26(34)31-23(25(33)36-8)19-21-17-15-20(16-18-21)11-9-12-22-13-10-14-24(30-22)32(7)27(35)38-29(4,5)6;2*1-2/h10,13-18,23H,9,11-12,19H2,1-8H3,(H,31,34);2*1-2H3/t23-;;/m0../s1. The second kappa shape index (κ2) is 18.7. The van der Waals surface area contributed by atoms with Gasteiger partial charge in [0.05, 0.1) is 7.11 Å². The van der Waals surface area contributed by atoms with E-state index in [9.17, 15) is 14.4 Å². The summed E-state index contributed by atoms with van der Waals surface area (Å²) in [5, 5.41) is 2.60. The van der Waals surface area contributed by atoms with Gasteiger partial charge < -0.3 is 19.5 Å². The molecule has 9 heteroatoms. The van der Waals surface area contributed by atoms with E-state index in [2.05, 4.69) is 10.3 Å². The highest BCUT2D eigenvalue weighted by molar-refractivity contribution is 5.86. The fraction of sp³-hybridized carbons (Fsp3) is 0.576. The first-order chi connectivity index (χ1) is 19.7. The van der Waals surface area contributed by atoms with Gasteiger partial charge in [0.2, 0.25) is 0 Å². The number of ether oxygens (including phenoxy) is 3. The summed E-state index contributed by atoms with van der Waals surface area (Å²) in [4.78, 5) is 42.7. The summed E-state index contributed by atoms with van der Waals surface area (Å²) < 4.78 is 15.5. The summed E-state index contributed by atoms with van der Waals surface area (Å²) in [7, 11) is 2.94. The van der Waals surface area contributed by atoms with E-state index in [0.717, 1.165) is 36.1 Å². The van der Waals surface area contributed by atoms with Gasteiger partial charge in [0.15, 0.2) is 0 Å². The van der Waals surface area contributed by atoms with Crippen molar-refractivity contribution in [2.24, 2.45) is 0 Å². The van der Waals surface area contributed by atoms with Gasteiger partial charge in [-0.15, -0.1) is 0 Å². The lowest BCUT2D eigenvalue weighted by molar-refractivity contribution is -0.143. The number of nitrogens with one attached hydrogen (secondary N) is 1. The number of alkyl carbamates (subject to hydrolysis) is 1. The quantitative estimate of drug-likeness (QED) is 0.242. The van der Waals surface area contributed by atoms with Gasteiger partial charge in [-0.1, -0.05) is 58.0 Å². The van der Waals surface area contributed by atoms with Gasteiger partial charge in [-0.2, -0.15) is 0 Å². The molecule has 236 valence electrons. The number of hydrogen-bond donors (Lipinski definition) is 1. The molecule has 0 unspecified atom stereocenters. The molecule has 1 aromatic carbocycles. The van der Waals surface area contributed by atoms with Crippen molar-refractivity contribution in [3.05, 3.63) is 59.3 Å². The van der Waals surface area contributed by atoms with E-state index >= 15 is 0 Å². The maximum absolute atomic E-state index is 12.3. The molecule has 0 saturated carbocycles. The van der Waals surface area contributed by atoms with E-state index in [1.54, 1.807) is 33.9 Å². The van der Waals surface area contributed by atoms with E-state index in [4.69, 9.17) is 14.2 Å². The number of amides is 2. The predicted octanol–water partition coefficient (Wildman–Crippen LogP) is 7.29. The van der Waals surface area contributed by atoms with Crippen LogP contribution in [0, 0.1) is 0 Å². The van der Waals surface area contributed by atoms with Crippen LogP contribution < -0.4 is 10.2 Å². The number of nitrogens with zero attached hydrogens (tertiary/aromatic N) is 2. The van der Waals surface area contributed by atoms with Crippen LogP contribution in [0.25, 0.3) is 0 Å². The molecule has 9 nitrogen and oxygen atoms in total. The highest BCUT2D eigenvalue weighted by Crippen LogP contribution is 2.17. The summed E-state index contributed by atoms with van der Waals surface area (Å²) in [6.45, 7) is 18.8. The second-order valence-electron chi connectivity index (χ2n) is 11.1. The SMILES string of the molecule is CC.CC.COC(=O)[C@H](Cc1ccc(CCCc2cccc(N(C)C(=O)OC(C)(C)C)n2)cc1)NC(=O)OC(C)(C)C. The fourth-order valence-corrected chi connectivity index (χ4v) is 3.55. The Morgan fingerprint density at radius 3 is 1.90 bits per heavy atom. The Labute approximate surface area is 253 Å². The minimum Gasteiger partial charge on any atom is -0.467 e. The number of methoxy groups -OCH3 is 1. The fourth-order valence-electron chi connectivity index (χ4n) is 3.55. The zero-order valence-electron chi connectivity index (χ0n) is 27.8. The zero-order chi connectivity index (χ0) is 32.5. The highest BCUT2D eigenvalue weighted by atomic mass is 16.6. The summed E-state index contributed by atoms with van der Waals surface area (Å²) in [5.74, 6) is 0.00762. The smallest absolute Gasteiger partial charge is 0.415 e. The van der Waals surface area contributed by atoms with Gasteiger partial charge in [0, 0.05) is 19.2 Å². The first-order valence-corrected chi connectivity index (χ1v) is 14.7. The van der Waals surface area contributed by atoms with Crippen LogP contribution in [0.1, 0.15) is 92.5 Å². The molecule has 2 rings (SSSR count). The van der Waals surface area contributed by atoms with Crippen LogP contribution in [0.3, 0.4) is 0 Å². The molecule has 0 aliphatic carbocycles. The number of esters is 1. The first-order valence-electron chi connectivity index (χ1n) is 14.7. The number of pyridine rings is 1. The predicted molar refractivity (Wildman–Crippen MR) is 169 cm³/mol. The third-order valence-electron chi connectivity index (χ3n) is 5.34. The van der Waals surface area contributed by atoms with Crippen molar-refractivity contribution in [3.63, 3.8) is 0 Å². The monoisotopic (exact) mass is 587 g/mol. The number of aromatic nitrogens is 1. The van der Waals surface area contributed by atoms with Gasteiger partial charge >= 0.3 is 18.2 Å². The number of benzene rings is 1. The molecule has 2 aromatic rings. The average molecular weight is 588 g/mol. The van der Waals surface area contributed by atoms with E-state index in [0.29, 0.717) is 5.82 Å². The van der Waals surface area contributed by atoms with Crippen LogP contribution in [0.2, 0.25) is 0 Å². The van der Waals surface area contributed by atoms with E-state index in [1.807, 2.05) is 84.9 Å². The number of aryl methyl sites for hydroxylation is 2. The summed E-state index contributed by atoms with van der Waals surface area (Å²) in [6, 6.07) is 12.7. The van der Waals surface area contributed by atoms with Gasteiger partial charge in [0.1, 0.15) is 23.1 Å². The topological polar surface area (TPSA) is 107 Å². The molecule has 0 radical (unpaired) electrons. The van der Waals surface area contributed by atoms with Crippen LogP contribution in [0.4, 0.5) is 15.4 Å². The molecule has 1 atom stereocenters. The Morgan fingerprint density at radius 2 is 1.38 bits per heavy atom. The third-order valence-corrected chi connectivity index (χ3v) is 5.34. The van der Waals surface area contributed by atoms with Crippen LogP contribution in [-0.4, -0.2) is 54.5 Å². The van der Waals surface area contributed by atoms with E-state index in [-0.39, 0.29) is 6.42 Å². The number of anilines is 1. The van der Waals surface area contributed by atoms with Crippen LogP contribution >= 0.6 is 0 Å². The Morgan fingerprint density at radius 1 is 0.833 bits per heavy atom. The first kappa shape index (κ1) is 38.4. The van der Waals surface area contributed by atoms with E-state index in [1.165, 1.54) is 12.0 Å². The highest BCUT2D eigenvalue weighted by Gasteiger charge is 2.25. The van der Waals surface area contributed by atoms with Crippen molar-refractivity contribution in [1.29, 1.82) is 0 Å². The lowest BCUT2D eigenvalue weighted by Crippen LogP contribution is -2.45. The van der Waals surface area contributed by atoms with Gasteiger partial charge in [-0.25, -0.2) is 19.4 Å². The second-order valence-corrected chi connectivity index (χ2v) is 11.1.